The van der Waals surface area contributed by atoms with E-state index in [2.05, 4.69) is 94.8 Å². The van der Waals surface area contributed by atoms with Crippen molar-refractivity contribution in [3.8, 4) is 0 Å². The van der Waals surface area contributed by atoms with Crippen LogP contribution in [0.3, 0.4) is 0 Å². The van der Waals surface area contributed by atoms with E-state index >= 15 is 0 Å². The van der Waals surface area contributed by atoms with Crippen LogP contribution in [-0.2, 0) is 83.1 Å². The number of imidazole rings is 1. The van der Waals surface area contributed by atoms with Gasteiger partial charge < -0.3 is 96.4 Å². The number of aliphatic carboxylic acids is 1. The number of guanidine groups is 2. The number of aromatic nitrogens is 2. The van der Waals surface area contributed by atoms with Crippen LogP contribution in [-0.4, -0.2) is 243 Å². The number of H-pyrrole nitrogens is 1. The predicted octanol–water partition coefficient (Wildman–Crippen LogP) is -13.1. The van der Waals surface area contributed by atoms with Gasteiger partial charge in [-0.05, 0) is 70.1 Å². The highest BCUT2D eigenvalue weighted by molar-refractivity contribution is 8.78. The average molecular weight is 1550 g/mol. The normalized spacial score (nSPS) is 24.4. The lowest BCUT2D eigenvalue weighted by Gasteiger charge is -2.28. The summed E-state index contributed by atoms with van der Waals surface area (Å²) in [4.78, 5) is 235. The minimum atomic E-state index is -1.99. The Labute approximate surface area is 614 Å². The summed E-state index contributed by atoms with van der Waals surface area (Å²) in [5.41, 5.74) is 37.6. The summed E-state index contributed by atoms with van der Waals surface area (Å²) in [5, 5.41) is 41.6. The molecule has 41 nitrogen and oxygen atoms in total. The number of hydrogen-bond acceptors (Lipinski definition) is 21. The monoisotopic (exact) mass is 1550 g/mol. The Hall–Kier alpha value is -9.37. The Morgan fingerprint density at radius 2 is 1.15 bits per heavy atom. The van der Waals surface area contributed by atoms with E-state index < -0.39 is 211 Å². The molecular weight excluding hydrogens is 1450 g/mol. The Balaban J connectivity index is 2.40. The highest BCUT2D eigenvalue weighted by Gasteiger charge is 2.38. The van der Waals surface area contributed by atoms with Gasteiger partial charge in [0.1, 0.15) is 66.5 Å². The molecule has 15 amide bonds. The summed E-state index contributed by atoms with van der Waals surface area (Å²) in [6, 6.07) is -17.3. The van der Waals surface area contributed by atoms with Crippen LogP contribution < -0.4 is 119 Å². The van der Waals surface area contributed by atoms with Gasteiger partial charge in [-0.3, -0.25) is 110 Å². The molecule has 0 radical (unpaired) electrons. The minimum Gasteiger partial charge on any atom is -0.481 e. The van der Waals surface area contributed by atoms with Crippen molar-refractivity contribution in [2.24, 2.45) is 46.2 Å². The summed E-state index contributed by atoms with van der Waals surface area (Å²) in [6.07, 6.45) is -0.676. The maximum absolute atomic E-state index is 14.8. The first-order valence-corrected chi connectivity index (χ1v) is 38.1. The molecule has 2 saturated heterocycles. The van der Waals surface area contributed by atoms with Crippen molar-refractivity contribution >= 4 is 150 Å². The van der Waals surface area contributed by atoms with Crippen LogP contribution in [0.1, 0.15) is 105 Å². The Morgan fingerprint density at radius 3 is 1.72 bits per heavy atom. The van der Waals surface area contributed by atoms with Gasteiger partial charge in [0, 0.05) is 47.2 Å². The van der Waals surface area contributed by atoms with E-state index in [-0.39, 0.29) is 106 Å². The summed E-state index contributed by atoms with van der Waals surface area (Å²) in [5.74, 6) is -18.0. The van der Waals surface area contributed by atoms with Gasteiger partial charge in [-0.15, -0.1) is 0 Å². The molecule has 2 aliphatic rings. The fraction of sp³-hybridized carbons (Fsp3) is 0.644. The predicted molar refractivity (Wildman–Crippen MR) is 382 cm³/mol. The van der Waals surface area contributed by atoms with Crippen LogP contribution in [0, 0.1) is 11.8 Å². The van der Waals surface area contributed by atoms with Gasteiger partial charge in [0.2, 0.25) is 82.7 Å². The molecule has 104 heavy (non-hydrogen) atoms. The molecule has 12 atom stereocenters. The quantitative estimate of drug-likeness (QED) is 0.0198. The Bertz CT molecular complexity index is 3220. The first-order chi connectivity index (χ1) is 49.0. The molecule has 2 bridgehead atoms. The second kappa shape index (κ2) is 46.4. The number of rotatable bonds is 24. The molecule has 0 saturated carbocycles. The summed E-state index contributed by atoms with van der Waals surface area (Å²) in [6.45, 7) is 6.48. The molecule has 2 fully saturated rings. The summed E-state index contributed by atoms with van der Waals surface area (Å²) in [7, 11) is 3.90. The van der Waals surface area contributed by atoms with Crippen molar-refractivity contribution in [2.75, 3.05) is 50.0 Å². The number of aromatic amines is 1. The van der Waals surface area contributed by atoms with Crippen molar-refractivity contribution in [1.82, 2.24) is 79.1 Å². The first kappa shape index (κ1) is 88.8. The zero-order valence-corrected chi connectivity index (χ0v) is 61.7. The molecule has 1 aromatic heterocycles. The third-order valence-electron chi connectivity index (χ3n) is 15.2. The summed E-state index contributed by atoms with van der Waals surface area (Å²) >= 11 is 0. The van der Waals surface area contributed by atoms with Gasteiger partial charge in [0.15, 0.2) is 6.54 Å². The van der Waals surface area contributed by atoms with Crippen molar-refractivity contribution in [2.45, 2.75) is 177 Å². The van der Waals surface area contributed by atoms with E-state index in [0.29, 0.717) is 0 Å². The number of quaternary nitrogens is 1. The third-order valence-corrected chi connectivity index (χ3v) is 20.8. The highest BCUT2D eigenvalue weighted by atomic mass is 33.1. The van der Waals surface area contributed by atoms with Crippen molar-refractivity contribution in [3.63, 3.8) is 0 Å². The number of carbonyl (C=O) groups is 16. The molecule has 0 spiro atoms. The number of carbonyl (C=O) groups excluding carboxylic acids is 15. The molecular formula is C59H101N24O17S4+3. The zero-order valence-electron chi connectivity index (χ0n) is 58.4. The Morgan fingerprint density at radius 1 is 0.615 bits per heavy atom. The van der Waals surface area contributed by atoms with Crippen LogP contribution in [0.5, 0.6) is 0 Å². The molecule has 45 heteroatoms. The lowest BCUT2D eigenvalue weighted by Crippen LogP contribution is -2.78. The fourth-order valence-electron chi connectivity index (χ4n) is 9.90. The molecule has 0 aliphatic carbocycles. The SMILES string of the molecule is CC(C)C[C@H](NC(=O)[C@@H]1CSSC[C@H]2C[C@H](NC(=O)C[NH3+])C(=O)N[C@@H](C)C(=O)N[C@@H](CC(C)C)C(=O)NCC(=O)N[C@@H](CCC[NH+]=C(N)N)C(=O)NCC(=O)N[C@@H](CSS2)C(=O)N[C@@H](CCC(=O)O)C(=O)N[C@@H](CC(N)=O)C(=O)N[C@@H](Cc2cnc[nH]2)C(=O)N[C@@H](CCC[NH+]=C(N)N)C(=O)N1)C(N)=O. The van der Waals surface area contributed by atoms with Crippen LogP contribution >= 0.6 is 43.2 Å². The second-order valence-corrected chi connectivity index (χ2v) is 30.4. The number of nitrogens with one attached hydrogen (secondary N) is 16. The molecule has 3 rings (SSSR count). The van der Waals surface area contributed by atoms with Crippen molar-refractivity contribution in [1.29, 1.82) is 0 Å². The van der Waals surface area contributed by atoms with E-state index in [9.17, 15) is 81.8 Å². The molecule has 0 unspecified atom stereocenters. The number of fused-ring (bicyclic) bond motifs is 4. The van der Waals surface area contributed by atoms with Crippen molar-refractivity contribution in [3.05, 3.63) is 18.2 Å². The summed E-state index contributed by atoms with van der Waals surface area (Å²) < 4.78 is 0. The minimum absolute atomic E-state index is 0.0390. The van der Waals surface area contributed by atoms with Gasteiger partial charge in [0.25, 0.3) is 5.91 Å². The van der Waals surface area contributed by atoms with Crippen LogP contribution in [0.4, 0.5) is 0 Å². The van der Waals surface area contributed by atoms with Gasteiger partial charge >= 0.3 is 17.9 Å². The van der Waals surface area contributed by atoms with E-state index in [4.69, 9.17) is 34.4 Å². The molecule has 3 heterocycles. The fourth-order valence-corrected chi connectivity index (χ4v) is 15.8. The standard InChI is InChI=1S/C59H98N24O17S4/c1-27(2)14-35(47(62)90)79-57(100)41-24-102-101-23-31-17-38(75-43(85)19-60)53(96)73-29(5)48(91)80-36(15-28(3)4)50(93)71-21-44(86)74-32(8-6-12-68-58(63)64)49(92)70-22-45(87)76-40(25-103-104-31)56(99)78-34(10-11-46(88)89)52(95)82-39(18-42(61)84)55(98)81-37(16-30-20-67-26-72-30)54(97)77-33(51(94)83-41)9-7-13-69-59(65)66/h20,26-29,31-41H,6-19,21-25,60H2,1-5H3,(H2,61,84)(H2,62,90)(H,67,72)(H,70,92)(H,71,93)(H,73,96)(H,74,86)(H,75,85)(H,76,87)(H,77,97)(H,78,99)(H,79,100)(H,80,91)(H,81,98)(H,82,95)(H,83,94)(H,88,89)(H4,63,64,68)(H4,65,66,69)/p+3/t29-,31+,32-,33-,34-,35-,36-,37-,38-,39-,40-,41-/m0/s1. The third kappa shape index (κ3) is 34.7. The Kier molecular flexibility index (Phi) is 39.6. The van der Waals surface area contributed by atoms with Crippen LogP contribution in [0.25, 0.3) is 0 Å². The highest BCUT2D eigenvalue weighted by Crippen LogP contribution is 2.36. The number of carboxylic acid groups (broad SMARTS) is 1. The van der Waals surface area contributed by atoms with Crippen LogP contribution in [0.15, 0.2) is 12.5 Å². The number of nitrogens with two attached hydrogens (primary N) is 6. The molecule has 32 N–H and O–H groups in total. The molecule has 580 valence electrons. The van der Waals surface area contributed by atoms with Crippen molar-refractivity contribution < 1.29 is 97.5 Å². The topological polar surface area (TPSA) is 690 Å². The van der Waals surface area contributed by atoms with Gasteiger partial charge in [-0.1, -0.05) is 70.9 Å². The smallest absolute Gasteiger partial charge is 0.338 e. The molecule has 2 aliphatic heterocycles. The lowest BCUT2D eigenvalue weighted by atomic mass is 10.0. The van der Waals surface area contributed by atoms with Gasteiger partial charge in [-0.25, -0.2) is 4.98 Å². The van der Waals surface area contributed by atoms with Crippen LogP contribution in [0.2, 0.25) is 0 Å². The van der Waals surface area contributed by atoms with Gasteiger partial charge in [-0.2, -0.15) is 0 Å². The first-order valence-electron chi connectivity index (χ1n) is 33.2. The van der Waals surface area contributed by atoms with Gasteiger partial charge in [0.05, 0.1) is 38.9 Å². The molecule has 0 aromatic carbocycles. The lowest BCUT2D eigenvalue weighted by molar-refractivity contribution is -0.460. The van der Waals surface area contributed by atoms with E-state index in [1.54, 1.807) is 27.7 Å². The largest absolute Gasteiger partial charge is 0.481 e. The average Bonchev–Trinajstić information content (AvgIpc) is 1.30. The number of hydrogen-bond donors (Lipinski definition) is 24. The number of nitrogens with zero attached hydrogens (tertiary/aromatic N) is 1. The van der Waals surface area contributed by atoms with E-state index in [0.717, 1.165) is 43.2 Å². The number of primary amides is 2. The number of carboxylic acids is 1. The second-order valence-electron chi connectivity index (χ2n) is 25.1. The maximum atomic E-state index is 14.8. The zero-order chi connectivity index (χ0) is 77.8. The number of amides is 15. The van der Waals surface area contributed by atoms with E-state index in [1.807, 2.05) is 0 Å². The van der Waals surface area contributed by atoms with E-state index in [1.165, 1.54) is 19.4 Å². The maximum Gasteiger partial charge on any atom is 0.338 e. The molecule has 1 aromatic rings.